The molecule has 1 N–H and O–H groups in total. The van der Waals surface area contributed by atoms with Crippen LogP contribution in [0.1, 0.15) is 35.7 Å². The lowest BCUT2D eigenvalue weighted by atomic mass is 9.87. The van der Waals surface area contributed by atoms with Crippen LogP contribution in [0.3, 0.4) is 0 Å². The Bertz CT molecular complexity index is 1100. The summed E-state index contributed by atoms with van der Waals surface area (Å²) in [6.07, 6.45) is 9.72. The van der Waals surface area contributed by atoms with E-state index in [9.17, 15) is 10.5 Å². The first kappa shape index (κ1) is 22.1. The summed E-state index contributed by atoms with van der Waals surface area (Å²) in [5.74, 6) is 2.87. The van der Waals surface area contributed by atoms with Gasteiger partial charge in [-0.25, -0.2) is 9.97 Å². The largest absolute Gasteiger partial charge is 0.363 e. The predicted molar refractivity (Wildman–Crippen MR) is 128 cm³/mol. The van der Waals surface area contributed by atoms with E-state index >= 15 is 0 Å². The Hall–Kier alpha value is -3.12. The van der Waals surface area contributed by atoms with Gasteiger partial charge in [-0.15, -0.1) is 0 Å². The van der Waals surface area contributed by atoms with Crippen LogP contribution < -0.4 is 5.32 Å². The summed E-state index contributed by atoms with van der Waals surface area (Å²) >= 11 is 0. The summed E-state index contributed by atoms with van der Waals surface area (Å²) in [6.45, 7) is 6.16. The van der Waals surface area contributed by atoms with E-state index in [0.29, 0.717) is 11.5 Å². The Labute approximate surface area is 189 Å². The normalized spacial score (nSPS) is 19.8. The molecule has 0 radical (unpaired) electrons. The van der Waals surface area contributed by atoms with Crippen LogP contribution in [0.5, 0.6) is 0 Å². The molecule has 1 unspecified atom stereocenters. The minimum Gasteiger partial charge on any atom is -0.363 e. The molecule has 2 aliphatic heterocycles. The van der Waals surface area contributed by atoms with Gasteiger partial charge in [-0.1, -0.05) is 12.1 Å². The molecule has 0 aliphatic carbocycles. The summed E-state index contributed by atoms with van der Waals surface area (Å²) in [4.78, 5) is 15.5. The number of nitriles is 2. The van der Waals surface area contributed by atoms with Crippen LogP contribution in [0, 0.1) is 28.3 Å². The molecule has 1 aromatic heterocycles. The fourth-order valence-corrected chi connectivity index (χ4v) is 5.67. The Kier molecular flexibility index (Phi) is 6.61. The van der Waals surface area contributed by atoms with Crippen LogP contribution >= 0.6 is 7.26 Å². The first-order valence-electron chi connectivity index (χ1n) is 10.7. The minimum atomic E-state index is -1.52. The van der Waals surface area contributed by atoms with Gasteiger partial charge in [-0.3, -0.25) is 9.89 Å². The maximum atomic E-state index is 9.43. The molecule has 0 saturated carbocycles. The summed E-state index contributed by atoms with van der Waals surface area (Å²) in [5, 5.41) is 22.4. The van der Waals surface area contributed by atoms with Crippen LogP contribution in [0.15, 0.2) is 53.7 Å². The van der Waals surface area contributed by atoms with Gasteiger partial charge in [0, 0.05) is 54.4 Å². The van der Waals surface area contributed by atoms with Crippen molar-refractivity contribution >= 4 is 19.1 Å². The van der Waals surface area contributed by atoms with E-state index in [1.54, 1.807) is 12.4 Å². The second-order valence-corrected chi connectivity index (χ2v) is 12.7. The lowest BCUT2D eigenvalue weighted by molar-refractivity contribution is 0.221. The lowest BCUT2D eigenvalue weighted by Crippen LogP contribution is -2.39. The molecular formula is C24H27N7P+. The van der Waals surface area contributed by atoms with Crippen molar-refractivity contribution in [1.29, 1.82) is 10.5 Å². The number of hydrogen-bond acceptors (Lipinski definition) is 7. The first-order valence-corrected chi connectivity index (χ1v) is 13.6. The van der Waals surface area contributed by atoms with Crippen LogP contribution in [-0.4, -0.2) is 53.8 Å². The van der Waals surface area contributed by atoms with E-state index in [1.165, 1.54) is 6.33 Å². The maximum absolute atomic E-state index is 9.43. The van der Waals surface area contributed by atoms with Crippen molar-refractivity contribution in [3.63, 3.8) is 0 Å². The molecule has 1 aromatic carbocycles. The summed E-state index contributed by atoms with van der Waals surface area (Å²) in [5.41, 5.74) is 4.76. The average molecular weight is 445 g/mol. The Morgan fingerprint density at radius 1 is 1.16 bits per heavy atom. The topological polar surface area (TPSA) is 101 Å². The number of hydrogen-bond donors (Lipinski definition) is 1. The van der Waals surface area contributed by atoms with Crippen LogP contribution in [0.4, 0.5) is 0 Å². The molecule has 1 saturated heterocycles. The van der Waals surface area contributed by atoms with Crippen molar-refractivity contribution < 1.29 is 0 Å². The fourth-order valence-electron chi connectivity index (χ4n) is 4.32. The maximum Gasteiger partial charge on any atom is 0.239 e. The highest BCUT2D eigenvalue weighted by Gasteiger charge is 2.33. The SMILES string of the molecule is C[P+](C)(C#N)CN1CCC(C2=C(c3cccc(C#N)c3)C=NC(c3cncnc3)N2)CC1. The molecule has 3 heterocycles. The number of rotatable bonds is 5. The van der Waals surface area contributed by atoms with Gasteiger partial charge in [0.25, 0.3) is 0 Å². The van der Waals surface area contributed by atoms with E-state index in [1.807, 2.05) is 30.5 Å². The van der Waals surface area contributed by atoms with E-state index in [0.717, 1.165) is 54.6 Å². The van der Waals surface area contributed by atoms with Crippen molar-refractivity contribution in [2.24, 2.45) is 10.9 Å². The van der Waals surface area contributed by atoms with Crippen molar-refractivity contribution in [3.8, 4) is 11.9 Å². The molecule has 1 atom stereocenters. The molecule has 4 rings (SSSR count). The molecule has 0 spiro atoms. The number of nitrogens with zero attached hydrogens (tertiary/aromatic N) is 6. The second kappa shape index (κ2) is 9.57. The predicted octanol–water partition coefficient (Wildman–Crippen LogP) is 3.86. The van der Waals surface area contributed by atoms with Gasteiger partial charge in [0.05, 0.1) is 25.0 Å². The fraction of sp³-hybridized carbons (Fsp3) is 0.375. The molecule has 0 amide bonds. The number of aliphatic imine (C=N–C) groups is 1. The van der Waals surface area contributed by atoms with Gasteiger partial charge in [-0.2, -0.15) is 10.5 Å². The van der Waals surface area contributed by atoms with Gasteiger partial charge in [0.2, 0.25) is 5.81 Å². The van der Waals surface area contributed by atoms with Gasteiger partial charge < -0.3 is 5.32 Å². The van der Waals surface area contributed by atoms with Gasteiger partial charge in [-0.05, 0) is 30.5 Å². The number of aromatic nitrogens is 2. The Morgan fingerprint density at radius 2 is 1.91 bits per heavy atom. The highest BCUT2D eigenvalue weighted by molar-refractivity contribution is 7.78. The molecule has 7 nitrogen and oxygen atoms in total. The highest BCUT2D eigenvalue weighted by atomic mass is 31.2. The first-order chi connectivity index (χ1) is 15.5. The van der Waals surface area contributed by atoms with Crippen LogP contribution in [0.2, 0.25) is 0 Å². The zero-order valence-electron chi connectivity index (χ0n) is 18.4. The monoisotopic (exact) mass is 444 g/mol. The van der Waals surface area contributed by atoms with E-state index < -0.39 is 7.26 Å². The van der Waals surface area contributed by atoms with Crippen molar-refractivity contribution in [1.82, 2.24) is 20.2 Å². The number of benzene rings is 1. The minimum absolute atomic E-state index is 0.226. The summed E-state index contributed by atoms with van der Waals surface area (Å²) < 4.78 is 0. The quantitative estimate of drug-likeness (QED) is 0.703. The van der Waals surface area contributed by atoms with Gasteiger partial charge in [0.15, 0.2) is 0 Å². The molecule has 0 bridgehead atoms. The standard InChI is InChI=1S/C24H27N7P/c1-32(2,15-26)17-31-8-6-19(7-9-31)23-22(20-5-3-4-18(10-20)11-25)14-29-24(30-23)21-12-27-16-28-13-21/h3-5,10,12-14,16,19,24,30H,6-9,17H2,1-2H3/q+1. The third-order valence-electron chi connectivity index (χ3n) is 5.95. The molecule has 2 aliphatic rings. The third kappa shape index (κ3) is 5.02. The second-order valence-electron chi connectivity index (χ2n) is 8.84. The van der Waals surface area contributed by atoms with Crippen molar-refractivity contribution in [3.05, 3.63) is 65.4 Å². The molecule has 162 valence electrons. The van der Waals surface area contributed by atoms with E-state index in [2.05, 4.69) is 45.4 Å². The van der Waals surface area contributed by atoms with Crippen LogP contribution in [0.25, 0.3) is 5.57 Å². The zero-order chi connectivity index (χ0) is 22.6. The van der Waals surface area contributed by atoms with Gasteiger partial charge in [0.1, 0.15) is 26.0 Å². The molecule has 32 heavy (non-hydrogen) atoms. The summed E-state index contributed by atoms with van der Waals surface area (Å²) in [6, 6.07) is 9.92. The zero-order valence-corrected chi connectivity index (χ0v) is 19.3. The van der Waals surface area contributed by atoms with Gasteiger partial charge >= 0.3 is 0 Å². The molecular weight excluding hydrogens is 417 g/mol. The third-order valence-corrected chi connectivity index (χ3v) is 7.60. The Balaban J connectivity index is 1.61. The highest BCUT2D eigenvalue weighted by Crippen LogP contribution is 2.50. The molecule has 2 aromatic rings. The number of likely N-dealkylation sites (tertiary alicyclic amines) is 1. The van der Waals surface area contributed by atoms with Crippen molar-refractivity contribution in [2.45, 2.75) is 19.0 Å². The lowest BCUT2D eigenvalue weighted by Gasteiger charge is -2.36. The molecule has 8 heteroatoms. The summed E-state index contributed by atoms with van der Waals surface area (Å²) in [7, 11) is -1.52. The Morgan fingerprint density at radius 3 is 2.59 bits per heavy atom. The average Bonchev–Trinajstić information content (AvgIpc) is 2.84. The van der Waals surface area contributed by atoms with Crippen molar-refractivity contribution in [2.75, 3.05) is 32.7 Å². The van der Waals surface area contributed by atoms with Crippen LogP contribution in [-0.2, 0) is 0 Å². The number of piperidine rings is 1. The smallest absolute Gasteiger partial charge is 0.239 e. The van der Waals surface area contributed by atoms with E-state index in [4.69, 9.17) is 4.99 Å². The van der Waals surface area contributed by atoms with E-state index in [-0.39, 0.29) is 6.17 Å². The molecule has 1 fully saturated rings. The number of allylic oxidation sites excluding steroid dienone is 2. The number of nitrogens with one attached hydrogen (secondary N) is 1.